The van der Waals surface area contributed by atoms with Gasteiger partial charge in [0, 0.05) is 36.9 Å². The van der Waals surface area contributed by atoms with Crippen LogP contribution in [0.1, 0.15) is 28.4 Å². The summed E-state index contributed by atoms with van der Waals surface area (Å²) < 4.78 is 32.9. The largest absolute Gasteiger partial charge is 0.497 e. The van der Waals surface area contributed by atoms with Crippen LogP contribution >= 0.6 is 0 Å². The van der Waals surface area contributed by atoms with Crippen molar-refractivity contribution in [1.29, 1.82) is 0 Å². The van der Waals surface area contributed by atoms with Crippen LogP contribution in [0.2, 0.25) is 0 Å². The zero-order chi connectivity index (χ0) is 24.1. The molecule has 0 bridgehead atoms. The molecule has 2 N–H and O–H groups in total. The number of amides is 1. The molecule has 0 radical (unpaired) electrons. The van der Waals surface area contributed by atoms with Gasteiger partial charge in [-0.15, -0.1) is 0 Å². The van der Waals surface area contributed by atoms with Crippen LogP contribution in [0.15, 0.2) is 77.7 Å². The van der Waals surface area contributed by atoms with Crippen LogP contribution < -0.4 is 14.8 Å². The Bertz CT molecular complexity index is 1240. The number of nitrogens with one attached hydrogen (secondary N) is 2. The van der Waals surface area contributed by atoms with E-state index in [1.54, 1.807) is 31.4 Å². The molecule has 1 unspecified atom stereocenters. The molecule has 3 aromatic carbocycles. The van der Waals surface area contributed by atoms with Crippen LogP contribution in [0, 0.1) is 0 Å². The highest BCUT2D eigenvalue weighted by atomic mass is 32.2. The number of sulfonamides is 1. The molecule has 178 valence electrons. The summed E-state index contributed by atoms with van der Waals surface area (Å²) in [5.74, 6) is 0.411. The van der Waals surface area contributed by atoms with Gasteiger partial charge in [0.25, 0.3) is 15.9 Å². The van der Waals surface area contributed by atoms with Crippen molar-refractivity contribution in [3.8, 4) is 5.75 Å². The average molecular weight is 480 g/mol. The highest BCUT2D eigenvalue weighted by Crippen LogP contribution is 2.21. The van der Waals surface area contributed by atoms with Crippen LogP contribution in [-0.2, 0) is 23.0 Å². The number of anilines is 1. The van der Waals surface area contributed by atoms with Gasteiger partial charge in [-0.1, -0.05) is 24.3 Å². The van der Waals surface area contributed by atoms with E-state index in [2.05, 4.69) is 46.1 Å². The Morgan fingerprint density at radius 3 is 2.35 bits per heavy atom. The Labute approximate surface area is 200 Å². The van der Waals surface area contributed by atoms with E-state index in [4.69, 9.17) is 4.74 Å². The number of ether oxygens (including phenoxy) is 1. The molecule has 1 aliphatic heterocycles. The molecule has 0 saturated carbocycles. The van der Waals surface area contributed by atoms with Crippen molar-refractivity contribution in [3.63, 3.8) is 0 Å². The van der Waals surface area contributed by atoms with E-state index >= 15 is 0 Å². The summed E-state index contributed by atoms with van der Waals surface area (Å²) in [5.41, 5.74) is 3.58. The molecule has 1 atom stereocenters. The maximum absolute atomic E-state index is 12.7. The molecule has 0 aromatic heterocycles. The second kappa shape index (κ2) is 10.3. The molecule has 34 heavy (non-hydrogen) atoms. The minimum absolute atomic E-state index is 0.0835. The molecule has 1 aliphatic rings. The molecule has 1 amide bonds. The van der Waals surface area contributed by atoms with Crippen molar-refractivity contribution < 1.29 is 17.9 Å². The molecular weight excluding hydrogens is 450 g/mol. The highest BCUT2D eigenvalue weighted by Gasteiger charge is 2.21. The van der Waals surface area contributed by atoms with Crippen LogP contribution in [-0.4, -0.2) is 45.5 Å². The molecule has 3 aromatic rings. The number of benzene rings is 3. The monoisotopic (exact) mass is 479 g/mol. The first-order chi connectivity index (χ1) is 16.4. The molecule has 0 spiro atoms. The third-order valence-electron chi connectivity index (χ3n) is 6.11. The first-order valence-corrected chi connectivity index (χ1v) is 12.7. The second-order valence-electron chi connectivity index (χ2n) is 8.41. The number of carbonyl (C=O) groups excluding carboxylic acids is 1. The summed E-state index contributed by atoms with van der Waals surface area (Å²) in [4.78, 5) is 15.1. The number of hydrogen-bond donors (Lipinski definition) is 2. The average Bonchev–Trinajstić information content (AvgIpc) is 2.87. The maximum atomic E-state index is 12.7. The van der Waals surface area contributed by atoms with Gasteiger partial charge in [-0.3, -0.25) is 14.4 Å². The third-order valence-corrected chi connectivity index (χ3v) is 7.51. The van der Waals surface area contributed by atoms with E-state index in [0.717, 1.165) is 19.5 Å². The van der Waals surface area contributed by atoms with Crippen LogP contribution in [0.25, 0.3) is 0 Å². The van der Waals surface area contributed by atoms with E-state index < -0.39 is 10.0 Å². The Morgan fingerprint density at radius 1 is 1.00 bits per heavy atom. The third kappa shape index (κ3) is 5.58. The van der Waals surface area contributed by atoms with Crippen LogP contribution in [0.5, 0.6) is 5.75 Å². The van der Waals surface area contributed by atoms with E-state index in [1.807, 2.05) is 0 Å². The summed E-state index contributed by atoms with van der Waals surface area (Å²) >= 11 is 0. The van der Waals surface area contributed by atoms with Crippen LogP contribution in [0.3, 0.4) is 0 Å². The summed E-state index contributed by atoms with van der Waals surface area (Å²) in [7, 11) is -2.22. The van der Waals surface area contributed by atoms with Crippen molar-refractivity contribution in [2.24, 2.45) is 0 Å². The van der Waals surface area contributed by atoms with Gasteiger partial charge in [0.1, 0.15) is 5.75 Å². The number of carbonyl (C=O) groups is 1. The fraction of sp³-hybridized carbons (Fsp3) is 0.269. The molecule has 0 saturated heterocycles. The number of nitrogens with zero attached hydrogens (tertiary/aromatic N) is 1. The molecule has 4 rings (SSSR count). The zero-order valence-electron chi connectivity index (χ0n) is 19.3. The van der Waals surface area contributed by atoms with Gasteiger partial charge in [0.2, 0.25) is 0 Å². The van der Waals surface area contributed by atoms with Crippen molar-refractivity contribution >= 4 is 21.6 Å². The number of methoxy groups -OCH3 is 1. The lowest BCUT2D eigenvalue weighted by Crippen LogP contribution is -2.44. The van der Waals surface area contributed by atoms with Gasteiger partial charge >= 0.3 is 0 Å². The fourth-order valence-corrected chi connectivity index (χ4v) is 5.08. The SMILES string of the molecule is COc1ccc(NS(=O)(=O)c2ccc(C(=O)NCC(C)N3CCc4ccccc4C3)cc2)cc1. The smallest absolute Gasteiger partial charge is 0.261 e. The van der Waals surface area contributed by atoms with Gasteiger partial charge in [-0.05, 0) is 73.0 Å². The molecule has 0 fully saturated rings. The summed E-state index contributed by atoms with van der Waals surface area (Å²) in [6.07, 6.45) is 1.01. The maximum Gasteiger partial charge on any atom is 0.261 e. The minimum Gasteiger partial charge on any atom is -0.497 e. The quantitative estimate of drug-likeness (QED) is 0.515. The van der Waals surface area contributed by atoms with E-state index in [-0.39, 0.29) is 16.8 Å². The highest BCUT2D eigenvalue weighted by molar-refractivity contribution is 7.92. The predicted octanol–water partition coefficient (Wildman–Crippen LogP) is 3.67. The summed E-state index contributed by atoms with van der Waals surface area (Å²) in [5, 5.41) is 2.97. The first kappa shape index (κ1) is 23.8. The fourth-order valence-electron chi connectivity index (χ4n) is 4.02. The van der Waals surface area contributed by atoms with Gasteiger partial charge in [0.15, 0.2) is 0 Å². The molecule has 0 aliphatic carbocycles. The van der Waals surface area contributed by atoms with Crippen molar-refractivity contribution in [2.75, 3.05) is 24.9 Å². The molecule has 7 nitrogen and oxygen atoms in total. The molecule has 8 heteroatoms. The van der Waals surface area contributed by atoms with Crippen molar-refractivity contribution in [3.05, 3.63) is 89.5 Å². The van der Waals surface area contributed by atoms with Crippen molar-refractivity contribution in [1.82, 2.24) is 10.2 Å². The van der Waals surface area contributed by atoms with Gasteiger partial charge in [0.05, 0.1) is 12.0 Å². The number of rotatable bonds is 8. The number of fused-ring (bicyclic) bond motifs is 1. The molecular formula is C26H29N3O4S. The van der Waals surface area contributed by atoms with Crippen molar-refractivity contribution in [2.45, 2.75) is 30.8 Å². The Kier molecular flexibility index (Phi) is 7.19. The Hall–Kier alpha value is -3.36. The van der Waals surface area contributed by atoms with E-state index in [1.165, 1.54) is 35.4 Å². The Balaban J connectivity index is 1.32. The second-order valence-corrected chi connectivity index (χ2v) is 10.1. The number of hydrogen-bond acceptors (Lipinski definition) is 5. The predicted molar refractivity (Wildman–Crippen MR) is 133 cm³/mol. The van der Waals surface area contributed by atoms with E-state index in [9.17, 15) is 13.2 Å². The van der Waals surface area contributed by atoms with Gasteiger partial charge < -0.3 is 10.1 Å². The summed E-state index contributed by atoms with van der Waals surface area (Å²) in [6.45, 7) is 4.46. The zero-order valence-corrected chi connectivity index (χ0v) is 20.1. The first-order valence-electron chi connectivity index (χ1n) is 11.2. The lowest BCUT2D eigenvalue weighted by molar-refractivity contribution is 0.0932. The standard InChI is InChI=1S/C26H29N3O4S/c1-19(29-16-15-20-5-3-4-6-22(20)18-29)17-27-26(30)21-7-13-25(14-8-21)34(31,32)28-23-9-11-24(33-2)12-10-23/h3-14,19,28H,15-18H2,1-2H3,(H,27,30). The minimum atomic E-state index is -3.77. The lowest BCUT2D eigenvalue weighted by Gasteiger charge is -2.33. The van der Waals surface area contributed by atoms with Gasteiger partial charge in [-0.2, -0.15) is 0 Å². The summed E-state index contributed by atoms with van der Waals surface area (Å²) in [6, 6.07) is 21.2. The normalized spacial score (nSPS) is 14.6. The lowest BCUT2D eigenvalue weighted by atomic mass is 9.99. The van der Waals surface area contributed by atoms with E-state index in [0.29, 0.717) is 23.5 Å². The van der Waals surface area contributed by atoms with Gasteiger partial charge in [-0.25, -0.2) is 8.42 Å². The molecule has 1 heterocycles. The topological polar surface area (TPSA) is 87.7 Å². The Morgan fingerprint density at radius 2 is 1.68 bits per heavy atom. The van der Waals surface area contributed by atoms with Crippen LogP contribution in [0.4, 0.5) is 5.69 Å².